The van der Waals surface area contributed by atoms with Crippen LogP contribution in [0, 0.1) is 5.82 Å². The van der Waals surface area contributed by atoms with Gasteiger partial charge >= 0.3 is 0 Å². The van der Waals surface area contributed by atoms with E-state index in [9.17, 15) is 9.18 Å². The molecule has 3 aromatic rings. The maximum atomic E-state index is 14.0. The highest BCUT2D eigenvalue weighted by atomic mass is 35.5. The Kier molecular flexibility index (Phi) is 7.24. The van der Waals surface area contributed by atoms with Crippen LogP contribution in [0.15, 0.2) is 65.6 Å². The van der Waals surface area contributed by atoms with Gasteiger partial charge < -0.3 is 9.47 Å². The number of methoxy groups -OCH3 is 1. The van der Waals surface area contributed by atoms with Crippen LogP contribution in [0.25, 0.3) is 6.08 Å². The van der Waals surface area contributed by atoms with Crippen LogP contribution >= 0.6 is 47.2 Å². The lowest BCUT2D eigenvalue weighted by atomic mass is 10.1. The molecule has 0 spiro atoms. The van der Waals surface area contributed by atoms with Gasteiger partial charge in [0.15, 0.2) is 15.8 Å². The van der Waals surface area contributed by atoms with Gasteiger partial charge in [-0.05, 0) is 60.2 Å². The number of benzene rings is 3. The molecule has 9 heteroatoms. The van der Waals surface area contributed by atoms with Gasteiger partial charge in [-0.2, -0.15) is 0 Å². The standard InChI is InChI=1S/C24H16Cl2FNO3S2/c1-30-21-11-14(5-10-20(21)31-13-17-18(26)3-2-4-19(17)27)12-22-23(29)28(24(32)33-22)16-8-6-15(25)7-9-16/h2-12H,13H2,1H3/b22-12+. The van der Waals surface area contributed by atoms with Gasteiger partial charge in [-0.1, -0.05) is 59.3 Å². The number of nitrogens with zero attached hydrogens (tertiary/aromatic N) is 1. The third-order valence-corrected chi connectivity index (χ3v) is 6.71. The van der Waals surface area contributed by atoms with Crippen LogP contribution in [0.3, 0.4) is 0 Å². The molecular formula is C24H16Cl2FNO3S2. The average Bonchev–Trinajstić information content (AvgIpc) is 3.07. The molecule has 0 radical (unpaired) electrons. The number of ether oxygens (including phenoxy) is 2. The molecule has 0 unspecified atom stereocenters. The molecule has 3 aromatic carbocycles. The Morgan fingerprint density at radius 2 is 1.85 bits per heavy atom. The van der Waals surface area contributed by atoms with Gasteiger partial charge in [0.2, 0.25) is 0 Å². The van der Waals surface area contributed by atoms with Gasteiger partial charge in [0.25, 0.3) is 5.91 Å². The molecule has 0 saturated carbocycles. The Morgan fingerprint density at radius 1 is 1.09 bits per heavy atom. The molecule has 1 saturated heterocycles. The largest absolute Gasteiger partial charge is 0.493 e. The first-order valence-corrected chi connectivity index (χ1v) is 11.6. The molecule has 0 N–H and O–H groups in total. The van der Waals surface area contributed by atoms with Crippen molar-refractivity contribution in [3.8, 4) is 11.5 Å². The van der Waals surface area contributed by atoms with Gasteiger partial charge in [0, 0.05) is 10.6 Å². The Balaban J connectivity index is 1.54. The van der Waals surface area contributed by atoms with Crippen molar-refractivity contribution in [2.24, 2.45) is 0 Å². The molecule has 0 aromatic heterocycles. The van der Waals surface area contributed by atoms with Crippen LogP contribution in [0.5, 0.6) is 11.5 Å². The summed E-state index contributed by atoms with van der Waals surface area (Å²) in [7, 11) is 1.50. The van der Waals surface area contributed by atoms with Crippen LogP contribution in [0.2, 0.25) is 10.0 Å². The SMILES string of the molecule is COc1cc(/C=C2/SC(=S)N(c3ccc(Cl)cc3)C2=O)ccc1OCc1c(F)cccc1Cl. The second-order valence-electron chi connectivity index (χ2n) is 6.89. The van der Waals surface area contributed by atoms with Crippen molar-refractivity contribution < 1.29 is 18.7 Å². The first-order valence-electron chi connectivity index (χ1n) is 9.64. The van der Waals surface area contributed by atoms with Crippen LogP contribution < -0.4 is 14.4 Å². The number of halogens is 3. The van der Waals surface area contributed by atoms with E-state index in [2.05, 4.69) is 0 Å². The minimum absolute atomic E-state index is 0.0546. The third-order valence-electron chi connectivity index (χ3n) is 4.80. The minimum atomic E-state index is -0.444. The van der Waals surface area contributed by atoms with Gasteiger partial charge in [0.05, 0.1) is 22.7 Å². The summed E-state index contributed by atoms with van der Waals surface area (Å²) in [6.45, 7) is -0.0546. The lowest BCUT2D eigenvalue weighted by Crippen LogP contribution is -2.27. The topological polar surface area (TPSA) is 38.8 Å². The van der Waals surface area contributed by atoms with Crippen molar-refractivity contribution in [1.29, 1.82) is 0 Å². The van der Waals surface area contributed by atoms with E-state index in [1.54, 1.807) is 54.6 Å². The van der Waals surface area contributed by atoms with E-state index in [1.165, 1.54) is 35.9 Å². The normalized spacial score (nSPS) is 14.8. The van der Waals surface area contributed by atoms with Crippen molar-refractivity contribution in [3.63, 3.8) is 0 Å². The van der Waals surface area contributed by atoms with Crippen LogP contribution in [-0.2, 0) is 11.4 Å². The number of carbonyl (C=O) groups is 1. The molecule has 1 aliphatic heterocycles. The van der Waals surface area contributed by atoms with Gasteiger partial charge in [-0.25, -0.2) is 4.39 Å². The summed E-state index contributed by atoms with van der Waals surface area (Å²) in [5, 5.41) is 0.861. The fraction of sp³-hybridized carbons (Fsp3) is 0.0833. The van der Waals surface area contributed by atoms with Gasteiger partial charge in [-0.15, -0.1) is 0 Å². The van der Waals surface area contributed by atoms with Crippen LogP contribution in [0.4, 0.5) is 10.1 Å². The second-order valence-corrected chi connectivity index (χ2v) is 9.41. The number of thiocarbonyl (C=S) groups is 1. The number of anilines is 1. The van der Waals surface area contributed by atoms with E-state index >= 15 is 0 Å². The van der Waals surface area contributed by atoms with E-state index in [4.69, 9.17) is 44.9 Å². The predicted molar refractivity (Wildman–Crippen MR) is 136 cm³/mol. The first kappa shape index (κ1) is 23.6. The summed E-state index contributed by atoms with van der Waals surface area (Å²) < 4.78 is 25.6. The molecule has 4 nitrogen and oxygen atoms in total. The molecule has 4 rings (SSSR count). The Hall–Kier alpha value is -2.58. The zero-order valence-corrected chi connectivity index (χ0v) is 20.3. The van der Waals surface area contributed by atoms with Gasteiger partial charge in [-0.3, -0.25) is 9.69 Å². The van der Waals surface area contributed by atoms with Crippen molar-refractivity contribution in [3.05, 3.63) is 92.6 Å². The molecule has 1 heterocycles. The molecule has 1 amide bonds. The monoisotopic (exact) mass is 519 g/mol. The highest BCUT2D eigenvalue weighted by Gasteiger charge is 2.33. The zero-order chi connectivity index (χ0) is 23.5. The summed E-state index contributed by atoms with van der Waals surface area (Å²) in [5.41, 5.74) is 1.63. The number of carbonyl (C=O) groups excluding carboxylic acids is 1. The van der Waals surface area contributed by atoms with E-state index in [0.717, 1.165) is 5.56 Å². The molecule has 0 bridgehead atoms. The van der Waals surface area contributed by atoms with Crippen molar-refractivity contribution in [2.45, 2.75) is 6.61 Å². The first-order chi connectivity index (χ1) is 15.9. The smallest absolute Gasteiger partial charge is 0.270 e. The van der Waals surface area contributed by atoms with Gasteiger partial charge in [0.1, 0.15) is 12.4 Å². The van der Waals surface area contributed by atoms with E-state index in [1.807, 2.05) is 0 Å². The fourth-order valence-corrected chi connectivity index (χ4v) is 4.79. The number of hydrogen-bond donors (Lipinski definition) is 0. The lowest BCUT2D eigenvalue weighted by molar-refractivity contribution is -0.113. The third kappa shape index (κ3) is 5.17. The van der Waals surface area contributed by atoms with E-state index < -0.39 is 5.82 Å². The Morgan fingerprint density at radius 3 is 2.55 bits per heavy atom. The van der Waals surface area contributed by atoms with Crippen molar-refractivity contribution in [2.75, 3.05) is 12.0 Å². The summed E-state index contributed by atoms with van der Waals surface area (Å²) in [4.78, 5) is 14.9. The van der Waals surface area contributed by atoms with Crippen LogP contribution in [-0.4, -0.2) is 17.3 Å². The summed E-state index contributed by atoms with van der Waals surface area (Å²) in [6, 6.07) is 16.6. The maximum Gasteiger partial charge on any atom is 0.270 e. The fourth-order valence-electron chi connectivity index (χ4n) is 3.15. The number of thioether (sulfide) groups is 1. The highest BCUT2D eigenvalue weighted by Crippen LogP contribution is 2.37. The lowest BCUT2D eigenvalue weighted by Gasteiger charge is -2.14. The van der Waals surface area contributed by atoms with Crippen LogP contribution in [0.1, 0.15) is 11.1 Å². The Bertz CT molecular complexity index is 1240. The van der Waals surface area contributed by atoms with Crippen molar-refractivity contribution in [1.82, 2.24) is 0 Å². The second kappa shape index (κ2) is 10.1. The Labute approximate surface area is 209 Å². The molecular weight excluding hydrogens is 504 g/mol. The summed E-state index contributed by atoms with van der Waals surface area (Å²) in [5.74, 6) is 0.189. The molecule has 1 fully saturated rings. The predicted octanol–water partition coefficient (Wildman–Crippen LogP) is 7.13. The number of amides is 1. The minimum Gasteiger partial charge on any atom is -0.493 e. The summed E-state index contributed by atoms with van der Waals surface area (Å²) >= 11 is 18.6. The molecule has 33 heavy (non-hydrogen) atoms. The number of rotatable bonds is 6. The molecule has 0 atom stereocenters. The number of hydrogen-bond acceptors (Lipinski definition) is 5. The van der Waals surface area contributed by atoms with E-state index in [0.29, 0.717) is 31.4 Å². The molecule has 1 aliphatic rings. The van der Waals surface area contributed by atoms with Crippen molar-refractivity contribution >= 4 is 69.2 Å². The molecule has 168 valence electrons. The summed E-state index contributed by atoms with van der Waals surface area (Å²) in [6.07, 6.45) is 1.73. The molecule has 0 aliphatic carbocycles. The zero-order valence-electron chi connectivity index (χ0n) is 17.2. The average molecular weight is 520 g/mol. The quantitative estimate of drug-likeness (QED) is 0.256. The van der Waals surface area contributed by atoms with E-state index in [-0.39, 0.29) is 23.1 Å². The highest BCUT2D eigenvalue weighted by molar-refractivity contribution is 8.27. The maximum absolute atomic E-state index is 14.0.